The Kier molecular flexibility index (Phi) is 9.61. The summed E-state index contributed by atoms with van der Waals surface area (Å²) in [5.41, 5.74) is 1.87. The third-order valence-corrected chi connectivity index (χ3v) is 6.97. The van der Waals surface area contributed by atoms with Crippen molar-refractivity contribution in [2.45, 2.75) is 63.4 Å². The van der Waals surface area contributed by atoms with E-state index >= 15 is 0 Å². The molecule has 0 radical (unpaired) electrons. The molecule has 0 spiro atoms. The van der Waals surface area contributed by atoms with Crippen molar-refractivity contribution in [3.8, 4) is 5.75 Å². The molecule has 0 heterocycles. The smallest absolute Gasteiger partial charge is 0.243 e. The molecule has 3 rings (SSSR count). The monoisotopic (exact) mass is 472 g/mol. The molecule has 2 aromatic rings. The number of methoxy groups -OCH3 is 1. The van der Waals surface area contributed by atoms with Gasteiger partial charge in [-0.3, -0.25) is 9.59 Å². The molecule has 5 nitrogen and oxygen atoms in total. The minimum Gasteiger partial charge on any atom is -0.497 e. The van der Waals surface area contributed by atoms with Gasteiger partial charge >= 0.3 is 0 Å². The van der Waals surface area contributed by atoms with Gasteiger partial charge in [0.25, 0.3) is 0 Å². The number of carbonyl (C=O) groups excluding carboxylic acids is 2. The topological polar surface area (TPSA) is 58.6 Å². The van der Waals surface area contributed by atoms with Crippen LogP contribution in [-0.4, -0.2) is 41.7 Å². The molecule has 1 aliphatic carbocycles. The van der Waals surface area contributed by atoms with Crippen molar-refractivity contribution in [1.29, 1.82) is 0 Å². The molecule has 0 aliphatic heterocycles. The van der Waals surface area contributed by atoms with Crippen LogP contribution in [0.25, 0.3) is 0 Å². The number of hydrogen-bond acceptors (Lipinski definition) is 4. The Morgan fingerprint density at radius 2 is 1.88 bits per heavy atom. The second kappa shape index (κ2) is 12.6. The average molecular weight is 473 g/mol. The Morgan fingerprint density at radius 3 is 2.55 bits per heavy atom. The van der Waals surface area contributed by atoms with E-state index < -0.39 is 6.04 Å². The molecule has 1 saturated carbocycles. The molecule has 0 aromatic heterocycles. The highest BCUT2D eigenvalue weighted by Crippen LogP contribution is 2.22. The largest absolute Gasteiger partial charge is 0.497 e. The molecule has 1 atom stereocenters. The average Bonchev–Trinajstić information content (AvgIpc) is 3.33. The summed E-state index contributed by atoms with van der Waals surface area (Å²) in [4.78, 5) is 28.2. The van der Waals surface area contributed by atoms with E-state index in [2.05, 4.69) is 5.32 Å². The lowest BCUT2D eigenvalue weighted by Crippen LogP contribution is -2.51. The highest BCUT2D eigenvalue weighted by Gasteiger charge is 2.30. The number of nitrogens with zero attached hydrogens (tertiary/aromatic N) is 1. The third-order valence-electron chi connectivity index (χ3n) is 5.98. The summed E-state index contributed by atoms with van der Waals surface area (Å²) < 4.78 is 18.5. The van der Waals surface area contributed by atoms with Gasteiger partial charge in [0.2, 0.25) is 11.8 Å². The molecule has 0 bridgehead atoms. The van der Waals surface area contributed by atoms with Crippen molar-refractivity contribution in [3.63, 3.8) is 0 Å². The summed E-state index contributed by atoms with van der Waals surface area (Å²) in [6, 6.07) is 13.6. The maximum atomic E-state index is 13.3. The van der Waals surface area contributed by atoms with Crippen LogP contribution in [0.2, 0.25) is 0 Å². The van der Waals surface area contributed by atoms with Crippen LogP contribution in [0, 0.1) is 5.82 Å². The van der Waals surface area contributed by atoms with Crippen molar-refractivity contribution in [3.05, 3.63) is 65.5 Å². The molecule has 2 amide bonds. The molecule has 1 aliphatic rings. The Balaban J connectivity index is 1.71. The van der Waals surface area contributed by atoms with E-state index in [0.717, 1.165) is 36.8 Å². The molecule has 7 heteroatoms. The van der Waals surface area contributed by atoms with E-state index in [0.29, 0.717) is 24.5 Å². The first-order valence-corrected chi connectivity index (χ1v) is 12.7. The minimum atomic E-state index is -0.532. The highest BCUT2D eigenvalue weighted by molar-refractivity contribution is 7.99. The zero-order chi connectivity index (χ0) is 23.6. The first-order chi connectivity index (χ1) is 16.0. The number of benzene rings is 2. The zero-order valence-corrected chi connectivity index (χ0v) is 20.2. The summed E-state index contributed by atoms with van der Waals surface area (Å²) in [5, 5.41) is 3.16. The molecular weight excluding hydrogens is 439 g/mol. The van der Waals surface area contributed by atoms with Gasteiger partial charge in [0.05, 0.1) is 12.9 Å². The molecule has 0 saturated heterocycles. The van der Waals surface area contributed by atoms with Crippen molar-refractivity contribution < 1.29 is 18.7 Å². The first-order valence-electron chi connectivity index (χ1n) is 11.5. The van der Waals surface area contributed by atoms with Crippen molar-refractivity contribution in [1.82, 2.24) is 10.2 Å². The van der Waals surface area contributed by atoms with Crippen LogP contribution in [0.15, 0.2) is 48.5 Å². The molecule has 178 valence electrons. The molecule has 1 N–H and O–H groups in total. The Bertz CT molecular complexity index is 916. The fraction of sp³-hybridized carbons (Fsp3) is 0.462. The highest BCUT2D eigenvalue weighted by atomic mass is 32.2. The standard InChI is InChI=1S/C26H33FN2O3S/c1-3-24(26(31)28-22-8-4-5-9-22)29(16-20-7-6-10-23(15-20)32-2)25(30)18-33-17-19-11-13-21(27)14-12-19/h6-7,10-15,22,24H,3-5,8-9,16-18H2,1-2H3,(H,28,31)/t24-/m0/s1. The van der Waals surface area contributed by atoms with Gasteiger partial charge in [0, 0.05) is 18.3 Å². The molecule has 1 fully saturated rings. The fourth-order valence-electron chi connectivity index (χ4n) is 4.17. The zero-order valence-electron chi connectivity index (χ0n) is 19.4. The second-order valence-electron chi connectivity index (χ2n) is 8.41. The van der Waals surface area contributed by atoms with Gasteiger partial charge in [-0.2, -0.15) is 0 Å². The Labute approximate surface area is 200 Å². The molecule has 33 heavy (non-hydrogen) atoms. The van der Waals surface area contributed by atoms with E-state index in [-0.39, 0.29) is 29.4 Å². The lowest BCUT2D eigenvalue weighted by Gasteiger charge is -2.31. The number of ether oxygens (including phenoxy) is 1. The third kappa shape index (κ3) is 7.49. The summed E-state index contributed by atoms with van der Waals surface area (Å²) in [6.07, 6.45) is 4.80. The lowest BCUT2D eigenvalue weighted by atomic mass is 10.1. The summed E-state index contributed by atoms with van der Waals surface area (Å²) in [7, 11) is 1.61. The number of thioether (sulfide) groups is 1. The number of nitrogens with one attached hydrogen (secondary N) is 1. The predicted molar refractivity (Wildman–Crippen MR) is 131 cm³/mol. The van der Waals surface area contributed by atoms with Crippen molar-refractivity contribution in [2.75, 3.05) is 12.9 Å². The second-order valence-corrected chi connectivity index (χ2v) is 9.39. The predicted octanol–water partition coefficient (Wildman–Crippen LogP) is 4.93. The van der Waals surface area contributed by atoms with Crippen molar-refractivity contribution >= 4 is 23.6 Å². The molecule has 0 unspecified atom stereocenters. The van der Waals surface area contributed by atoms with Gasteiger partial charge in [-0.25, -0.2) is 4.39 Å². The number of halogens is 1. The summed E-state index contributed by atoms with van der Waals surface area (Å²) in [6.45, 7) is 2.28. The quantitative estimate of drug-likeness (QED) is 0.504. The molecule has 2 aromatic carbocycles. The SMILES string of the molecule is CC[C@@H](C(=O)NC1CCCC1)N(Cc1cccc(OC)c1)C(=O)CSCc1ccc(F)cc1. The van der Waals surface area contributed by atoms with Crippen LogP contribution in [0.5, 0.6) is 5.75 Å². The van der Waals surface area contributed by atoms with Crippen LogP contribution in [0.3, 0.4) is 0 Å². The Hall–Kier alpha value is -2.54. The van der Waals surface area contributed by atoms with E-state index in [4.69, 9.17) is 4.74 Å². The van der Waals surface area contributed by atoms with Crippen LogP contribution >= 0.6 is 11.8 Å². The van der Waals surface area contributed by atoms with E-state index in [1.807, 2.05) is 31.2 Å². The van der Waals surface area contributed by atoms with E-state index in [1.54, 1.807) is 24.1 Å². The lowest BCUT2D eigenvalue weighted by molar-refractivity contribution is -0.139. The van der Waals surface area contributed by atoms with Gasteiger partial charge in [0.1, 0.15) is 17.6 Å². The maximum absolute atomic E-state index is 13.3. The van der Waals surface area contributed by atoms with Crippen molar-refractivity contribution in [2.24, 2.45) is 0 Å². The summed E-state index contributed by atoms with van der Waals surface area (Å²) >= 11 is 1.47. The van der Waals surface area contributed by atoms with Crippen LogP contribution in [0.1, 0.15) is 50.2 Å². The van der Waals surface area contributed by atoms with E-state index in [1.165, 1.54) is 23.9 Å². The van der Waals surface area contributed by atoms with Gasteiger partial charge in [-0.15, -0.1) is 11.8 Å². The van der Waals surface area contributed by atoms with Crippen LogP contribution < -0.4 is 10.1 Å². The molecular formula is C26H33FN2O3S. The Morgan fingerprint density at radius 1 is 1.15 bits per heavy atom. The number of amides is 2. The minimum absolute atomic E-state index is 0.0795. The number of rotatable bonds is 11. The maximum Gasteiger partial charge on any atom is 0.243 e. The van der Waals surface area contributed by atoms with Gasteiger partial charge in [0.15, 0.2) is 0 Å². The van der Waals surface area contributed by atoms with Gasteiger partial charge in [-0.1, -0.05) is 44.0 Å². The summed E-state index contributed by atoms with van der Waals surface area (Å²) in [5.74, 6) is 1.12. The number of hydrogen-bond donors (Lipinski definition) is 1. The van der Waals surface area contributed by atoms with Crippen LogP contribution in [-0.2, 0) is 21.9 Å². The van der Waals surface area contributed by atoms with Crippen LogP contribution in [0.4, 0.5) is 4.39 Å². The number of carbonyl (C=O) groups is 2. The fourth-order valence-corrected chi connectivity index (χ4v) is 5.04. The normalized spacial score (nSPS) is 14.6. The van der Waals surface area contributed by atoms with E-state index in [9.17, 15) is 14.0 Å². The first kappa shape index (κ1) is 25.1. The van der Waals surface area contributed by atoms with Gasteiger partial charge < -0.3 is 15.0 Å². The van der Waals surface area contributed by atoms with Gasteiger partial charge in [-0.05, 0) is 54.7 Å².